The second-order valence-corrected chi connectivity index (χ2v) is 8.37. The molecule has 11 heteroatoms. The fraction of sp³-hybridized carbons (Fsp3) is 0.435. The highest BCUT2D eigenvalue weighted by atomic mass is 16.5. The molecular formula is C23H25N5O6. The lowest BCUT2D eigenvalue weighted by Crippen LogP contribution is -2.29. The smallest absolute Gasteiger partial charge is 0.275 e. The molecule has 2 aliphatic rings. The van der Waals surface area contributed by atoms with Gasteiger partial charge in [-0.15, -0.1) is 10.2 Å². The summed E-state index contributed by atoms with van der Waals surface area (Å²) in [6, 6.07) is 5.20. The van der Waals surface area contributed by atoms with E-state index in [1.54, 1.807) is 23.1 Å². The van der Waals surface area contributed by atoms with Crippen LogP contribution in [-0.4, -0.2) is 56.4 Å². The van der Waals surface area contributed by atoms with Gasteiger partial charge < -0.3 is 23.9 Å². The van der Waals surface area contributed by atoms with Crippen molar-refractivity contribution < 1.29 is 23.8 Å². The molecule has 0 atom stereocenters. The number of para-hydroxylation sites is 1. The Morgan fingerprint density at radius 1 is 1.12 bits per heavy atom. The number of aromatic hydroxyl groups is 1. The predicted molar refractivity (Wildman–Crippen MR) is 119 cm³/mol. The van der Waals surface area contributed by atoms with Crippen molar-refractivity contribution in [1.82, 2.24) is 24.6 Å². The lowest BCUT2D eigenvalue weighted by atomic mass is 9.84. The lowest BCUT2D eigenvalue weighted by Gasteiger charge is -2.28. The molecule has 5 rings (SSSR count). The number of methoxy groups -OCH3 is 2. The quantitative estimate of drug-likeness (QED) is 0.556. The molecule has 1 amide bonds. The van der Waals surface area contributed by atoms with Gasteiger partial charge in [0.05, 0.1) is 20.8 Å². The first-order valence-electron chi connectivity index (χ1n) is 11.2. The van der Waals surface area contributed by atoms with Crippen molar-refractivity contribution in [1.29, 1.82) is 0 Å². The molecule has 2 fully saturated rings. The summed E-state index contributed by atoms with van der Waals surface area (Å²) in [5.41, 5.74) is -0.414. The van der Waals surface area contributed by atoms with Gasteiger partial charge in [0.2, 0.25) is 17.7 Å². The molecule has 2 aromatic heterocycles. The second kappa shape index (κ2) is 8.81. The standard InChI is InChI=1S/C23H25N5O6/c1-32-14-8-4-9-15(33-2)19(14)28-20(13-6-3-7-13)24-21(30)18(23(28)31)22-26-25-16(34-22)12-27-11-5-10-17(27)29/h4,8-9,13,30H,3,5-7,10-12H2,1-2H3. The van der Waals surface area contributed by atoms with E-state index in [4.69, 9.17) is 13.9 Å². The first-order valence-corrected chi connectivity index (χ1v) is 11.2. The summed E-state index contributed by atoms with van der Waals surface area (Å²) < 4.78 is 18.2. The van der Waals surface area contributed by atoms with E-state index in [2.05, 4.69) is 15.2 Å². The Bertz CT molecular complexity index is 1270. The number of ether oxygens (including phenoxy) is 2. The predicted octanol–water partition coefficient (Wildman–Crippen LogP) is 2.40. The molecule has 0 spiro atoms. The minimum absolute atomic E-state index is 0.00157. The SMILES string of the molecule is COc1cccc(OC)c1-n1c(C2CCC2)nc(O)c(-c2nnc(CN3CCCC3=O)o2)c1=O. The van der Waals surface area contributed by atoms with Gasteiger partial charge in [-0.05, 0) is 31.4 Å². The zero-order chi connectivity index (χ0) is 23.8. The Labute approximate surface area is 195 Å². The molecule has 0 unspecified atom stereocenters. The van der Waals surface area contributed by atoms with E-state index in [0.29, 0.717) is 36.0 Å². The van der Waals surface area contributed by atoms with Crippen LogP contribution >= 0.6 is 0 Å². The van der Waals surface area contributed by atoms with E-state index in [0.717, 1.165) is 25.7 Å². The van der Waals surface area contributed by atoms with Crippen LogP contribution < -0.4 is 15.0 Å². The highest BCUT2D eigenvalue weighted by molar-refractivity contribution is 5.77. The van der Waals surface area contributed by atoms with Crippen molar-refractivity contribution in [3.05, 3.63) is 40.3 Å². The molecule has 11 nitrogen and oxygen atoms in total. The Morgan fingerprint density at radius 3 is 2.44 bits per heavy atom. The van der Waals surface area contributed by atoms with E-state index in [9.17, 15) is 14.7 Å². The summed E-state index contributed by atoms with van der Waals surface area (Å²) in [6.07, 6.45) is 3.96. The van der Waals surface area contributed by atoms with E-state index in [1.807, 2.05) is 0 Å². The average molecular weight is 467 g/mol. The van der Waals surface area contributed by atoms with E-state index >= 15 is 0 Å². The maximum atomic E-state index is 13.9. The minimum Gasteiger partial charge on any atom is -0.494 e. The fourth-order valence-electron chi connectivity index (χ4n) is 4.37. The highest BCUT2D eigenvalue weighted by Crippen LogP contribution is 2.40. The first kappa shape index (κ1) is 21.9. The van der Waals surface area contributed by atoms with Gasteiger partial charge >= 0.3 is 0 Å². The van der Waals surface area contributed by atoms with Gasteiger partial charge in [0.15, 0.2) is 5.56 Å². The van der Waals surface area contributed by atoms with Crippen LogP contribution in [0.4, 0.5) is 0 Å². The molecule has 1 saturated heterocycles. The third kappa shape index (κ3) is 3.66. The van der Waals surface area contributed by atoms with Crippen LogP contribution in [0.15, 0.2) is 27.4 Å². The number of nitrogens with zero attached hydrogens (tertiary/aromatic N) is 5. The molecule has 1 aliphatic heterocycles. The lowest BCUT2D eigenvalue weighted by molar-refractivity contribution is -0.128. The van der Waals surface area contributed by atoms with Crippen molar-refractivity contribution in [3.8, 4) is 34.5 Å². The number of rotatable bonds is 7. The van der Waals surface area contributed by atoms with Gasteiger partial charge in [0.25, 0.3) is 11.4 Å². The third-order valence-corrected chi connectivity index (χ3v) is 6.36. The van der Waals surface area contributed by atoms with Crippen molar-refractivity contribution >= 4 is 5.91 Å². The molecular weight excluding hydrogens is 442 g/mol. The van der Waals surface area contributed by atoms with Gasteiger partial charge in [0.1, 0.15) is 23.0 Å². The molecule has 1 saturated carbocycles. The van der Waals surface area contributed by atoms with Crippen molar-refractivity contribution in [2.24, 2.45) is 0 Å². The van der Waals surface area contributed by atoms with E-state index in [-0.39, 0.29) is 35.7 Å². The summed E-state index contributed by atoms with van der Waals surface area (Å²) in [5.74, 6) is 0.792. The molecule has 1 N–H and O–H groups in total. The largest absolute Gasteiger partial charge is 0.494 e. The maximum Gasteiger partial charge on any atom is 0.275 e. The Balaban J connectivity index is 1.65. The van der Waals surface area contributed by atoms with E-state index in [1.165, 1.54) is 18.8 Å². The van der Waals surface area contributed by atoms with Crippen molar-refractivity contribution in [2.75, 3.05) is 20.8 Å². The number of aromatic nitrogens is 4. The third-order valence-electron chi connectivity index (χ3n) is 6.36. The Kier molecular flexibility index (Phi) is 5.68. The van der Waals surface area contributed by atoms with E-state index < -0.39 is 11.4 Å². The molecule has 178 valence electrons. The minimum atomic E-state index is -0.579. The molecule has 1 aromatic carbocycles. The number of carbonyl (C=O) groups is 1. The van der Waals surface area contributed by atoms with Crippen molar-refractivity contribution in [3.63, 3.8) is 0 Å². The van der Waals surface area contributed by atoms with Crippen LogP contribution in [-0.2, 0) is 11.3 Å². The van der Waals surface area contributed by atoms with Crippen LogP contribution in [0.25, 0.3) is 17.1 Å². The normalized spacial score (nSPS) is 16.1. The zero-order valence-electron chi connectivity index (χ0n) is 19.0. The summed E-state index contributed by atoms with van der Waals surface area (Å²) >= 11 is 0. The van der Waals surface area contributed by atoms with Crippen LogP contribution in [0.1, 0.15) is 49.7 Å². The van der Waals surface area contributed by atoms with Crippen molar-refractivity contribution in [2.45, 2.75) is 44.6 Å². The second-order valence-electron chi connectivity index (χ2n) is 8.37. The number of amides is 1. The van der Waals surface area contributed by atoms with Crippen LogP contribution in [0, 0.1) is 0 Å². The summed E-state index contributed by atoms with van der Waals surface area (Å²) in [4.78, 5) is 31.8. The van der Waals surface area contributed by atoms with Gasteiger partial charge in [-0.1, -0.05) is 12.5 Å². The molecule has 0 bridgehead atoms. The Hall–Kier alpha value is -3.89. The van der Waals surface area contributed by atoms with Crippen LogP contribution in [0.5, 0.6) is 17.4 Å². The molecule has 3 heterocycles. The maximum absolute atomic E-state index is 13.9. The average Bonchev–Trinajstić information content (AvgIpc) is 3.41. The van der Waals surface area contributed by atoms with Crippen LogP contribution in [0.2, 0.25) is 0 Å². The van der Waals surface area contributed by atoms with Gasteiger partial charge in [-0.2, -0.15) is 4.98 Å². The van der Waals surface area contributed by atoms with Crippen LogP contribution in [0.3, 0.4) is 0 Å². The molecule has 0 radical (unpaired) electrons. The number of likely N-dealkylation sites (tertiary alicyclic amines) is 1. The highest BCUT2D eigenvalue weighted by Gasteiger charge is 2.32. The summed E-state index contributed by atoms with van der Waals surface area (Å²) in [5, 5.41) is 18.7. The number of benzene rings is 1. The van der Waals surface area contributed by atoms with Gasteiger partial charge in [-0.25, -0.2) is 0 Å². The fourth-order valence-corrected chi connectivity index (χ4v) is 4.37. The first-order chi connectivity index (χ1) is 16.5. The Morgan fingerprint density at radius 2 is 1.85 bits per heavy atom. The zero-order valence-corrected chi connectivity index (χ0v) is 19.0. The summed E-state index contributed by atoms with van der Waals surface area (Å²) in [6.45, 7) is 0.758. The van der Waals surface area contributed by atoms with Gasteiger partial charge in [0, 0.05) is 18.9 Å². The number of carbonyl (C=O) groups excluding carboxylic acids is 1. The number of hydrogen-bond donors (Lipinski definition) is 1. The molecule has 1 aliphatic carbocycles. The topological polar surface area (TPSA) is 133 Å². The summed E-state index contributed by atoms with van der Waals surface area (Å²) in [7, 11) is 3.01. The molecule has 3 aromatic rings. The monoisotopic (exact) mass is 467 g/mol. The number of hydrogen-bond acceptors (Lipinski definition) is 9. The van der Waals surface area contributed by atoms with Gasteiger partial charge in [-0.3, -0.25) is 14.2 Å². The molecule has 34 heavy (non-hydrogen) atoms.